The fraction of sp³-hybridized carbons (Fsp3) is 0.438. The van der Waals surface area contributed by atoms with E-state index in [2.05, 4.69) is 49.5 Å². The van der Waals surface area contributed by atoms with Crippen molar-refractivity contribution in [1.82, 2.24) is 24.7 Å². The van der Waals surface area contributed by atoms with E-state index in [1.165, 1.54) is 4.88 Å². The molecule has 4 heterocycles. The van der Waals surface area contributed by atoms with Crippen LogP contribution in [0.4, 0.5) is 5.82 Å². The highest BCUT2D eigenvalue weighted by molar-refractivity contribution is 7.09. The van der Waals surface area contributed by atoms with Crippen LogP contribution < -0.4 is 4.90 Å². The minimum Gasteiger partial charge on any atom is -0.350 e. The Hall–Kier alpha value is -1.99. The second kappa shape index (κ2) is 6.25. The third-order valence-electron chi connectivity index (χ3n) is 4.41. The van der Waals surface area contributed by atoms with Crippen molar-refractivity contribution in [3.8, 4) is 0 Å². The monoisotopic (exact) mass is 328 g/mol. The Morgan fingerprint density at radius 2 is 2.22 bits per heavy atom. The van der Waals surface area contributed by atoms with Crippen LogP contribution in [0.3, 0.4) is 0 Å². The summed E-state index contributed by atoms with van der Waals surface area (Å²) in [7, 11) is 0. The van der Waals surface area contributed by atoms with Gasteiger partial charge in [-0.2, -0.15) is 4.52 Å². The van der Waals surface area contributed by atoms with Crippen LogP contribution in [-0.4, -0.2) is 56.9 Å². The van der Waals surface area contributed by atoms with Crippen LogP contribution in [0.25, 0.3) is 5.65 Å². The molecule has 0 N–H and O–H groups in total. The highest BCUT2D eigenvalue weighted by Crippen LogP contribution is 2.19. The number of anilines is 1. The summed E-state index contributed by atoms with van der Waals surface area (Å²) in [6, 6.07) is 8.83. The molecule has 7 heteroatoms. The van der Waals surface area contributed by atoms with E-state index in [9.17, 15) is 0 Å². The zero-order valence-corrected chi connectivity index (χ0v) is 14.0. The van der Waals surface area contributed by atoms with Crippen molar-refractivity contribution < 1.29 is 0 Å². The number of aromatic nitrogens is 4. The van der Waals surface area contributed by atoms with Crippen LogP contribution in [0.2, 0.25) is 0 Å². The molecular weight excluding hydrogens is 308 g/mol. The molecule has 1 fully saturated rings. The summed E-state index contributed by atoms with van der Waals surface area (Å²) in [6.07, 6.45) is 2.80. The molecule has 6 nitrogen and oxygen atoms in total. The lowest BCUT2D eigenvalue weighted by Crippen LogP contribution is -2.52. The van der Waals surface area contributed by atoms with Crippen molar-refractivity contribution in [1.29, 1.82) is 0 Å². The van der Waals surface area contributed by atoms with Crippen LogP contribution in [0.1, 0.15) is 11.8 Å². The molecule has 0 radical (unpaired) electrons. The summed E-state index contributed by atoms with van der Waals surface area (Å²) in [5.74, 6) is 1.00. The van der Waals surface area contributed by atoms with Gasteiger partial charge in [-0.25, -0.2) is 0 Å². The number of rotatable bonds is 4. The van der Waals surface area contributed by atoms with Crippen molar-refractivity contribution in [2.45, 2.75) is 19.4 Å². The van der Waals surface area contributed by atoms with Crippen molar-refractivity contribution in [3.63, 3.8) is 0 Å². The minimum absolute atomic E-state index is 0.452. The van der Waals surface area contributed by atoms with Crippen molar-refractivity contribution >= 4 is 22.8 Å². The zero-order chi connectivity index (χ0) is 15.6. The Bertz CT molecular complexity index is 768. The van der Waals surface area contributed by atoms with E-state index >= 15 is 0 Å². The molecule has 0 bridgehead atoms. The molecule has 1 aliphatic rings. The lowest BCUT2D eigenvalue weighted by molar-refractivity contribution is 0.231. The Labute approximate surface area is 139 Å². The normalized spacial score (nSPS) is 19.5. The highest BCUT2D eigenvalue weighted by atomic mass is 32.1. The maximum atomic E-state index is 4.62. The summed E-state index contributed by atoms with van der Waals surface area (Å²) in [5, 5.41) is 14.7. The molecule has 1 aliphatic heterocycles. The number of thiophene rings is 1. The van der Waals surface area contributed by atoms with Gasteiger partial charge in [-0.05, 0) is 36.9 Å². The molecule has 23 heavy (non-hydrogen) atoms. The molecule has 0 amide bonds. The van der Waals surface area contributed by atoms with Gasteiger partial charge in [0, 0.05) is 37.1 Å². The van der Waals surface area contributed by atoms with Gasteiger partial charge in [0.25, 0.3) is 0 Å². The Balaban J connectivity index is 1.40. The molecule has 0 spiro atoms. The summed E-state index contributed by atoms with van der Waals surface area (Å²) in [4.78, 5) is 6.40. The van der Waals surface area contributed by atoms with E-state index in [1.807, 2.05) is 23.5 Å². The second-order valence-electron chi connectivity index (χ2n) is 6.00. The van der Waals surface area contributed by atoms with Gasteiger partial charge in [-0.15, -0.1) is 26.6 Å². The topological polar surface area (TPSA) is 49.6 Å². The Kier molecular flexibility index (Phi) is 3.97. The maximum Gasteiger partial charge on any atom is 0.177 e. The summed E-state index contributed by atoms with van der Waals surface area (Å²) in [6.45, 7) is 6.57. The fourth-order valence-electron chi connectivity index (χ4n) is 3.17. The quantitative estimate of drug-likeness (QED) is 0.732. The van der Waals surface area contributed by atoms with E-state index < -0.39 is 0 Å². The maximum absolute atomic E-state index is 4.62. The minimum atomic E-state index is 0.452. The third-order valence-corrected chi connectivity index (χ3v) is 5.34. The van der Waals surface area contributed by atoms with Crippen molar-refractivity contribution in [2.75, 3.05) is 31.1 Å². The standard InChI is InChI=1S/C16H20N6S/c1-13-11-20(7-6-14-3-2-10-23-14)8-9-21(13)16-5-4-15-18-17-12-22(15)19-16/h2-5,10,12-13H,6-9,11H2,1H3/t13-/m0/s1. The molecule has 1 saturated heterocycles. The van der Waals surface area contributed by atoms with Gasteiger partial charge in [-0.3, -0.25) is 4.90 Å². The third kappa shape index (κ3) is 3.07. The number of fused-ring (bicyclic) bond motifs is 1. The fourth-order valence-corrected chi connectivity index (χ4v) is 3.87. The average molecular weight is 328 g/mol. The largest absolute Gasteiger partial charge is 0.350 e. The first-order chi connectivity index (χ1) is 11.3. The Morgan fingerprint density at radius 1 is 1.26 bits per heavy atom. The first kappa shape index (κ1) is 14.6. The van der Waals surface area contributed by atoms with E-state index in [0.29, 0.717) is 6.04 Å². The summed E-state index contributed by atoms with van der Waals surface area (Å²) in [5.41, 5.74) is 0.788. The lowest BCUT2D eigenvalue weighted by Gasteiger charge is -2.40. The van der Waals surface area contributed by atoms with Crippen LogP contribution >= 0.6 is 11.3 Å². The van der Waals surface area contributed by atoms with Gasteiger partial charge >= 0.3 is 0 Å². The molecule has 3 aromatic heterocycles. The molecule has 3 aromatic rings. The van der Waals surface area contributed by atoms with E-state index in [-0.39, 0.29) is 0 Å². The van der Waals surface area contributed by atoms with Crippen LogP contribution in [0.15, 0.2) is 36.0 Å². The SMILES string of the molecule is C[C@H]1CN(CCc2cccs2)CCN1c1ccc2nncn2n1. The van der Waals surface area contributed by atoms with Crippen molar-refractivity contribution in [3.05, 3.63) is 40.8 Å². The van der Waals surface area contributed by atoms with Gasteiger partial charge in [0.05, 0.1) is 0 Å². The van der Waals surface area contributed by atoms with Gasteiger partial charge in [0.1, 0.15) is 12.1 Å². The molecule has 120 valence electrons. The van der Waals surface area contributed by atoms with Crippen LogP contribution in [0, 0.1) is 0 Å². The van der Waals surface area contributed by atoms with Gasteiger partial charge in [0.2, 0.25) is 0 Å². The van der Waals surface area contributed by atoms with Gasteiger partial charge < -0.3 is 4.90 Å². The van der Waals surface area contributed by atoms with Crippen molar-refractivity contribution in [2.24, 2.45) is 0 Å². The lowest BCUT2D eigenvalue weighted by atomic mass is 10.1. The summed E-state index contributed by atoms with van der Waals surface area (Å²) < 4.78 is 1.74. The summed E-state index contributed by atoms with van der Waals surface area (Å²) >= 11 is 1.85. The first-order valence-electron chi connectivity index (χ1n) is 7.98. The first-order valence-corrected chi connectivity index (χ1v) is 8.86. The van der Waals surface area contributed by atoms with Gasteiger partial charge in [0.15, 0.2) is 5.65 Å². The predicted molar refractivity (Wildman–Crippen MR) is 92.1 cm³/mol. The number of nitrogens with zero attached hydrogens (tertiary/aromatic N) is 6. The second-order valence-corrected chi connectivity index (χ2v) is 7.03. The Morgan fingerprint density at radius 3 is 3.04 bits per heavy atom. The smallest absolute Gasteiger partial charge is 0.177 e. The molecular formula is C16H20N6S. The van der Waals surface area contributed by atoms with Gasteiger partial charge in [-0.1, -0.05) is 6.07 Å². The van der Waals surface area contributed by atoms with Crippen LogP contribution in [0.5, 0.6) is 0 Å². The average Bonchev–Trinajstić information content (AvgIpc) is 3.23. The molecule has 1 atom stereocenters. The van der Waals surface area contributed by atoms with E-state index in [4.69, 9.17) is 0 Å². The molecule has 0 saturated carbocycles. The number of hydrogen-bond donors (Lipinski definition) is 0. The van der Waals surface area contributed by atoms with E-state index in [1.54, 1.807) is 10.8 Å². The van der Waals surface area contributed by atoms with E-state index in [0.717, 1.165) is 44.1 Å². The molecule has 0 aromatic carbocycles. The number of piperazine rings is 1. The molecule has 0 unspecified atom stereocenters. The number of hydrogen-bond acceptors (Lipinski definition) is 6. The molecule has 4 rings (SSSR count). The van der Waals surface area contributed by atoms with Crippen LogP contribution in [-0.2, 0) is 6.42 Å². The zero-order valence-electron chi connectivity index (χ0n) is 13.2. The highest BCUT2D eigenvalue weighted by Gasteiger charge is 2.24. The molecule has 0 aliphatic carbocycles. The predicted octanol–water partition coefficient (Wildman–Crippen LogP) is 1.94.